The Morgan fingerprint density at radius 3 is 0.712 bits per heavy atom. The standard InChI is InChI=1S/C54H110O5/c1-9-17-25-27-29-31-33-35-37-39-41-45-53(55-47-21-13-5,56-48-22-14-6)51(43-19-11-3)59-52(44-20-12-4)54(57-49-23-15-7,58-50-24-16-8)46-42-40-38-36-34-32-30-28-26-18-10-2/h51-52H,9-50H2,1-8H3. The number of rotatable bonds is 50. The lowest BCUT2D eigenvalue weighted by atomic mass is 9.93. The van der Waals surface area contributed by atoms with Crippen molar-refractivity contribution in [2.45, 2.75) is 323 Å². The van der Waals surface area contributed by atoms with Gasteiger partial charge in [-0.15, -0.1) is 0 Å². The first-order chi connectivity index (χ1) is 29.0. The van der Waals surface area contributed by atoms with Gasteiger partial charge in [0.2, 0.25) is 0 Å². The molecule has 0 N–H and O–H groups in total. The summed E-state index contributed by atoms with van der Waals surface area (Å²) in [7, 11) is 0. The first-order valence-electron chi connectivity index (χ1n) is 27.2. The molecule has 0 aliphatic carbocycles. The summed E-state index contributed by atoms with van der Waals surface area (Å²) in [4.78, 5) is 0. The summed E-state index contributed by atoms with van der Waals surface area (Å²) in [6.07, 6.45) is 45.8. The van der Waals surface area contributed by atoms with E-state index in [-0.39, 0.29) is 12.2 Å². The van der Waals surface area contributed by atoms with E-state index in [1.807, 2.05) is 0 Å². The minimum Gasteiger partial charge on any atom is -0.364 e. The van der Waals surface area contributed by atoms with Crippen molar-refractivity contribution in [3.63, 3.8) is 0 Å². The van der Waals surface area contributed by atoms with Crippen molar-refractivity contribution in [2.75, 3.05) is 26.4 Å². The molecule has 0 aromatic carbocycles. The monoisotopic (exact) mass is 839 g/mol. The van der Waals surface area contributed by atoms with Crippen LogP contribution in [-0.4, -0.2) is 50.2 Å². The molecule has 0 rings (SSSR count). The van der Waals surface area contributed by atoms with Gasteiger partial charge in [0.15, 0.2) is 11.6 Å². The van der Waals surface area contributed by atoms with Gasteiger partial charge in [-0.1, -0.05) is 235 Å². The van der Waals surface area contributed by atoms with Crippen LogP contribution in [0.15, 0.2) is 0 Å². The van der Waals surface area contributed by atoms with Gasteiger partial charge >= 0.3 is 0 Å². The van der Waals surface area contributed by atoms with Crippen molar-refractivity contribution in [3.05, 3.63) is 0 Å². The van der Waals surface area contributed by atoms with Gasteiger partial charge in [-0.05, 0) is 51.4 Å². The third-order valence-corrected chi connectivity index (χ3v) is 12.6. The van der Waals surface area contributed by atoms with Crippen LogP contribution in [0, 0.1) is 0 Å². The summed E-state index contributed by atoms with van der Waals surface area (Å²) >= 11 is 0. The molecule has 0 amide bonds. The molecular weight excluding hydrogens is 729 g/mol. The predicted molar refractivity (Wildman–Crippen MR) is 259 cm³/mol. The molecule has 0 saturated carbocycles. The van der Waals surface area contributed by atoms with E-state index < -0.39 is 11.6 Å². The Kier molecular flexibility index (Phi) is 44.3. The van der Waals surface area contributed by atoms with Crippen LogP contribution in [0.1, 0.15) is 299 Å². The quantitative estimate of drug-likeness (QED) is 0.0451. The lowest BCUT2D eigenvalue weighted by Crippen LogP contribution is -2.56. The molecule has 0 heterocycles. The predicted octanol–water partition coefficient (Wildman–Crippen LogP) is 18.2. The van der Waals surface area contributed by atoms with Crippen LogP contribution in [0.5, 0.6) is 0 Å². The van der Waals surface area contributed by atoms with Crippen LogP contribution in [0.25, 0.3) is 0 Å². The van der Waals surface area contributed by atoms with Gasteiger partial charge in [-0.3, -0.25) is 0 Å². The fraction of sp³-hybridized carbons (Fsp3) is 1.00. The third-order valence-electron chi connectivity index (χ3n) is 12.6. The van der Waals surface area contributed by atoms with Gasteiger partial charge in [0.1, 0.15) is 12.2 Å². The van der Waals surface area contributed by atoms with Crippen molar-refractivity contribution in [1.29, 1.82) is 0 Å². The fourth-order valence-electron chi connectivity index (χ4n) is 8.45. The Labute approximate surface area is 372 Å². The minimum absolute atomic E-state index is 0.164. The maximum Gasteiger partial charge on any atom is 0.194 e. The maximum atomic E-state index is 7.71. The summed E-state index contributed by atoms with van der Waals surface area (Å²) < 4.78 is 36.2. The van der Waals surface area contributed by atoms with Crippen LogP contribution in [-0.2, 0) is 23.7 Å². The highest BCUT2D eigenvalue weighted by Crippen LogP contribution is 2.39. The van der Waals surface area contributed by atoms with Gasteiger partial charge in [0.05, 0.1) is 26.4 Å². The van der Waals surface area contributed by atoms with Crippen molar-refractivity contribution < 1.29 is 23.7 Å². The molecule has 0 saturated heterocycles. The Morgan fingerprint density at radius 2 is 0.475 bits per heavy atom. The van der Waals surface area contributed by atoms with E-state index in [0.29, 0.717) is 0 Å². The SMILES string of the molecule is CCCCCCCCCCCCCC(OCCCC)(OCCCC)C(CCCC)OC(CCCC)C(CCCCCCCCCCCCC)(OCCCC)OCCCC. The van der Waals surface area contributed by atoms with E-state index in [9.17, 15) is 0 Å². The van der Waals surface area contributed by atoms with E-state index >= 15 is 0 Å². The zero-order valence-electron chi connectivity index (χ0n) is 41.9. The topological polar surface area (TPSA) is 46.2 Å². The Morgan fingerprint density at radius 1 is 0.254 bits per heavy atom. The van der Waals surface area contributed by atoms with Gasteiger partial charge in [-0.25, -0.2) is 0 Å². The molecule has 5 heteroatoms. The van der Waals surface area contributed by atoms with Crippen LogP contribution < -0.4 is 0 Å². The lowest BCUT2D eigenvalue weighted by molar-refractivity contribution is -0.346. The van der Waals surface area contributed by atoms with Crippen molar-refractivity contribution in [3.8, 4) is 0 Å². The van der Waals surface area contributed by atoms with Crippen LogP contribution >= 0.6 is 0 Å². The number of hydrogen-bond donors (Lipinski definition) is 0. The summed E-state index contributed by atoms with van der Waals surface area (Å²) in [5.41, 5.74) is 0. The highest BCUT2D eigenvalue weighted by atomic mass is 16.7. The second-order valence-electron chi connectivity index (χ2n) is 18.4. The lowest BCUT2D eigenvalue weighted by Gasteiger charge is -2.46. The van der Waals surface area contributed by atoms with Crippen molar-refractivity contribution in [2.24, 2.45) is 0 Å². The molecular formula is C54H110O5. The van der Waals surface area contributed by atoms with Crippen LogP contribution in [0.4, 0.5) is 0 Å². The molecule has 5 nitrogen and oxygen atoms in total. The second-order valence-corrected chi connectivity index (χ2v) is 18.4. The summed E-state index contributed by atoms with van der Waals surface area (Å²) in [5, 5.41) is 0. The molecule has 0 aromatic rings. The molecule has 0 fully saturated rings. The number of ether oxygens (including phenoxy) is 5. The maximum absolute atomic E-state index is 7.71. The first kappa shape index (κ1) is 58.8. The van der Waals surface area contributed by atoms with Crippen LogP contribution in [0.2, 0.25) is 0 Å². The van der Waals surface area contributed by atoms with E-state index in [0.717, 1.165) is 142 Å². The number of hydrogen-bond acceptors (Lipinski definition) is 5. The Hall–Kier alpha value is -0.200. The molecule has 0 aliphatic rings. The second kappa shape index (κ2) is 44.4. The highest BCUT2D eigenvalue weighted by Gasteiger charge is 2.48. The zero-order valence-corrected chi connectivity index (χ0v) is 41.9. The highest BCUT2D eigenvalue weighted by molar-refractivity contribution is 4.89. The fourth-order valence-corrected chi connectivity index (χ4v) is 8.45. The van der Waals surface area contributed by atoms with E-state index in [2.05, 4.69) is 55.4 Å². The first-order valence-corrected chi connectivity index (χ1v) is 27.2. The van der Waals surface area contributed by atoms with E-state index in [1.165, 1.54) is 128 Å². The van der Waals surface area contributed by atoms with Gasteiger partial charge in [-0.2, -0.15) is 0 Å². The Balaban J connectivity index is 6.47. The molecule has 0 bridgehead atoms. The van der Waals surface area contributed by atoms with Gasteiger partial charge in [0, 0.05) is 12.8 Å². The summed E-state index contributed by atoms with van der Waals surface area (Å²) in [5.74, 6) is -1.50. The van der Waals surface area contributed by atoms with E-state index in [4.69, 9.17) is 23.7 Å². The van der Waals surface area contributed by atoms with Crippen molar-refractivity contribution in [1.82, 2.24) is 0 Å². The Bertz CT molecular complexity index is 720. The summed E-state index contributed by atoms with van der Waals surface area (Å²) in [6, 6.07) is 0. The number of unbranched alkanes of at least 4 members (excludes halogenated alkanes) is 26. The average molecular weight is 839 g/mol. The van der Waals surface area contributed by atoms with Crippen molar-refractivity contribution >= 4 is 0 Å². The van der Waals surface area contributed by atoms with Gasteiger partial charge < -0.3 is 23.7 Å². The molecule has 59 heavy (non-hydrogen) atoms. The largest absolute Gasteiger partial charge is 0.364 e. The normalized spacial score (nSPS) is 13.4. The third kappa shape index (κ3) is 31.3. The van der Waals surface area contributed by atoms with Gasteiger partial charge in [0.25, 0.3) is 0 Å². The average Bonchev–Trinajstić information content (AvgIpc) is 3.24. The molecule has 356 valence electrons. The molecule has 0 aliphatic heterocycles. The molecule has 0 spiro atoms. The zero-order chi connectivity index (χ0) is 43.4. The van der Waals surface area contributed by atoms with Crippen LogP contribution in [0.3, 0.4) is 0 Å². The summed E-state index contributed by atoms with van der Waals surface area (Å²) in [6.45, 7) is 21.2. The smallest absolute Gasteiger partial charge is 0.194 e. The molecule has 2 atom stereocenters. The molecule has 2 unspecified atom stereocenters. The minimum atomic E-state index is -0.752. The molecule has 0 radical (unpaired) electrons. The van der Waals surface area contributed by atoms with E-state index in [1.54, 1.807) is 0 Å². The molecule has 0 aromatic heterocycles.